The van der Waals surface area contributed by atoms with Gasteiger partial charge in [0.05, 0.1) is 19.2 Å². The predicted octanol–water partition coefficient (Wildman–Crippen LogP) is 1.32. The number of esters is 1. The van der Waals surface area contributed by atoms with Gasteiger partial charge in [0.2, 0.25) is 0 Å². The van der Waals surface area contributed by atoms with Crippen LogP contribution in [0, 0.1) is 0 Å². The van der Waals surface area contributed by atoms with Crippen LogP contribution in [0.3, 0.4) is 0 Å². The monoisotopic (exact) mass is 212 g/mol. The maximum atomic E-state index is 10.8. The number of carbonyl (C=O) groups is 1. The van der Waals surface area contributed by atoms with Crippen LogP contribution in [0.5, 0.6) is 0 Å². The van der Waals surface area contributed by atoms with Gasteiger partial charge in [-0.2, -0.15) is 0 Å². The summed E-state index contributed by atoms with van der Waals surface area (Å²) in [5, 5.41) is 0.761. The highest BCUT2D eigenvalue weighted by Crippen LogP contribution is 2.21. The summed E-state index contributed by atoms with van der Waals surface area (Å²) in [6, 6.07) is 3.56. The highest BCUT2D eigenvalue weighted by Gasteiger charge is 2.03. The van der Waals surface area contributed by atoms with Gasteiger partial charge in [-0.15, -0.1) is 11.8 Å². The van der Waals surface area contributed by atoms with Crippen LogP contribution >= 0.6 is 11.8 Å². The van der Waals surface area contributed by atoms with E-state index < -0.39 is 0 Å². The smallest absolute Gasteiger partial charge is 0.306 e. The van der Waals surface area contributed by atoms with E-state index in [2.05, 4.69) is 9.72 Å². The van der Waals surface area contributed by atoms with E-state index in [-0.39, 0.29) is 5.97 Å². The van der Waals surface area contributed by atoms with E-state index in [1.165, 1.54) is 18.9 Å². The average molecular weight is 212 g/mol. The first kappa shape index (κ1) is 10.8. The predicted molar refractivity (Wildman–Crippen MR) is 56.0 cm³/mol. The zero-order valence-corrected chi connectivity index (χ0v) is 8.71. The molecule has 1 heterocycles. The van der Waals surface area contributed by atoms with Gasteiger partial charge in [-0.3, -0.25) is 4.79 Å². The maximum absolute atomic E-state index is 10.8. The van der Waals surface area contributed by atoms with Crippen LogP contribution in [-0.2, 0) is 9.53 Å². The van der Waals surface area contributed by atoms with Gasteiger partial charge in [0.15, 0.2) is 0 Å². The number of hydrogen-bond acceptors (Lipinski definition) is 5. The Hall–Kier alpha value is -1.23. The molecule has 1 aromatic rings. The first-order valence-corrected chi connectivity index (χ1v) is 5.12. The SMILES string of the molecule is COC(=O)CCSc1ncccc1N. The lowest BCUT2D eigenvalue weighted by molar-refractivity contribution is -0.140. The molecule has 0 aliphatic heterocycles. The first-order valence-electron chi connectivity index (χ1n) is 4.14. The van der Waals surface area contributed by atoms with Crippen molar-refractivity contribution >= 4 is 23.4 Å². The van der Waals surface area contributed by atoms with Crippen molar-refractivity contribution in [1.82, 2.24) is 4.98 Å². The van der Waals surface area contributed by atoms with Crippen molar-refractivity contribution < 1.29 is 9.53 Å². The topological polar surface area (TPSA) is 65.2 Å². The molecule has 0 saturated carbocycles. The second-order valence-electron chi connectivity index (χ2n) is 2.57. The summed E-state index contributed by atoms with van der Waals surface area (Å²) in [6.07, 6.45) is 2.05. The molecule has 0 aromatic carbocycles. The highest BCUT2D eigenvalue weighted by atomic mass is 32.2. The van der Waals surface area contributed by atoms with Crippen LogP contribution in [0.15, 0.2) is 23.4 Å². The van der Waals surface area contributed by atoms with Crippen molar-refractivity contribution in [3.8, 4) is 0 Å². The molecule has 76 valence electrons. The molecule has 0 atom stereocenters. The zero-order chi connectivity index (χ0) is 10.4. The van der Waals surface area contributed by atoms with Crippen molar-refractivity contribution in [3.63, 3.8) is 0 Å². The third-order valence-electron chi connectivity index (χ3n) is 1.57. The summed E-state index contributed by atoms with van der Waals surface area (Å²) >= 11 is 1.45. The third kappa shape index (κ3) is 3.26. The molecule has 0 bridgehead atoms. The Labute approximate surface area is 86.8 Å². The molecule has 0 unspecified atom stereocenters. The van der Waals surface area contributed by atoms with Crippen LogP contribution in [0.25, 0.3) is 0 Å². The standard InChI is InChI=1S/C9H12N2O2S/c1-13-8(12)4-6-14-9-7(10)3-2-5-11-9/h2-3,5H,4,6,10H2,1H3. The maximum Gasteiger partial charge on any atom is 0.306 e. The number of ether oxygens (including phenoxy) is 1. The van der Waals surface area contributed by atoms with E-state index in [4.69, 9.17) is 5.73 Å². The summed E-state index contributed by atoms with van der Waals surface area (Å²) in [7, 11) is 1.38. The third-order valence-corrected chi connectivity index (χ3v) is 2.60. The molecule has 14 heavy (non-hydrogen) atoms. The minimum atomic E-state index is -0.216. The molecule has 5 heteroatoms. The minimum Gasteiger partial charge on any atom is -0.469 e. The van der Waals surface area contributed by atoms with E-state index >= 15 is 0 Å². The van der Waals surface area contributed by atoms with Crippen LogP contribution < -0.4 is 5.73 Å². The minimum absolute atomic E-state index is 0.216. The molecule has 0 saturated heterocycles. The quantitative estimate of drug-likeness (QED) is 0.602. The lowest BCUT2D eigenvalue weighted by Gasteiger charge is -2.02. The first-order chi connectivity index (χ1) is 6.74. The van der Waals surface area contributed by atoms with Crippen molar-refractivity contribution in [2.24, 2.45) is 0 Å². The number of thioether (sulfide) groups is 1. The normalized spacial score (nSPS) is 9.79. The molecule has 0 fully saturated rings. The zero-order valence-electron chi connectivity index (χ0n) is 7.90. The highest BCUT2D eigenvalue weighted by molar-refractivity contribution is 7.99. The Balaban J connectivity index is 2.39. The summed E-state index contributed by atoms with van der Waals surface area (Å²) in [6.45, 7) is 0. The number of rotatable bonds is 4. The van der Waals surface area contributed by atoms with Crippen molar-refractivity contribution in [2.75, 3.05) is 18.6 Å². The number of aromatic nitrogens is 1. The number of anilines is 1. The van der Waals surface area contributed by atoms with Crippen LogP contribution in [-0.4, -0.2) is 23.8 Å². The molecule has 0 spiro atoms. The van der Waals surface area contributed by atoms with Gasteiger partial charge in [-0.1, -0.05) is 0 Å². The van der Waals surface area contributed by atoms with Gasteiger partial charge >= 0.3 is 5.97 Å². The Kier molecular flexibility index (Phi) is 4.25. The summed E-state index contributed by atoms with van der Waals surface area (Å²) in [4.78, 5) is 14.9. The number of methoxy groups -OCH3 is 1. The fourth-order valence-electron chi connectivity index (χ4n) is 0.857. The molecule has 0 aliphatic carbocycles. The van der Waals surface area contributed by atoms with E-state index in [1.807, 2.05) is 0 Å². The van der Waals surface area contributed by atoms with Gasteiger partial charge in [0, 0.05) is 11.9 Å². The van der Waals surface area contributed by atoms with E-state index in [0.717, 1.165) is 5.03 Å². The van der Waals surface area contributed by atoms with Crippen molar-refractivity contribution in [3.05, 3.63) is 18.3 Å². The fraction of sp³-hybridized carbons (Fsp3) is 0.333. The summed E-state index contributed by atoms with van der Waals surface area (Å²) < 4.78 is 4.51. The van der Waals surface area contributed by atoms with Gasteiger partial charge in [-0.25, -0.2) is 4.98 Å². The molecule has 1 aromatic heterocycles. The summed E-state index contributed by atoms with van der Waals surface area (Å²) in [5.41, 5.74) is 6.31. The van der Waals surface area contributed by atoms with E-state index in [1.54, 1.807) is 18.3 Å². The van der Waals surface area contributed by atoms with E-state index in [0.29, 0.717) is 17.9 Å². The van der Waals surface area contributed by atoms with Crippen LogP contribution in [0.4, 0.5) is 5.69 Å². The lowest BCUT2D eigenvalue weighted by Crippen LogP contribution is -2.01. The Morgan fingerprint density at radius 1 is 1.71 bits per heavy atom. The number of nitrogens with two attached hydrogens (primary N) is 1. The van der Waals surface area contributed by atoms with Crippen LogP contribution in [0.2, 0.25) is 0 Å². The van der Waals surface area contributed by atoms with E-state index in [9.17, 15) is 4.79 Å². The molecule has 1 rings (SSSR count). The molecule has 2 N–H and O–H groups in total. The largest absolute Gasteiger partial charge is 0.469 e. The second-order valence-corrected chi connectivity index (χ2v) is 3.66. The molecular weight excluding hydrogens is 200 g/mol. The average Bonchev–Trinajstić information content (AvgIpc) is 2.20. The molecule has 4 nitrogen and oxygen atoms in total. The second kappa shape index (κ2) is 5.49. The Morgan fingerprint density at radius 3 is 3.14 bits per heavy atom. The number of pyridine rings is 1. The number of nitrogen functional groups attached to an aromatic ring is 1. The van der Waals surface area contributed by atoms with Crippen molar-refractivity contribution in [1.29, 1.82) is 0 Å². The molecule has 0 radical (unpaired) electrons. The van der Waals surface area contributed by atoms with Crippen molar-refractivity contribution in [2.45, 2.75) is 11.4 Å². The fourth-order valence-corrected chi connectivity index (χ4v) is 1.69. The molecule has 0 amide bonds. The van der Waals surface area contributed by atoms with Gasteiger partial charge in [0.1, 0.15) is 5.03 Å². The summed E-state index contributed by atoms with van der Waals surface area (Å²) in [5.74, 6) is 0.417. The van der Waals surface area contributed by atoms with Gasteiger partial charge in [-0.05, 0) is 12.1 Å². The van der Waals surface area contributed by atoms with Gasteiger partial charge < -0.3 is 10.5 Å². The number of nitrogens with zero attached hydrogens (tertiary/aromatic N) is 1. The Bertz CT molecular complexity index is 317. The Morgan fingerprint density at radius 2 is 2.50 bits per heavy atom. The lowest BCUT2D eigenvalue weighted by atomic mass is 10.4. The molecule has 0 aliphatic rings. The molecular formula is C9H12N2O2S. The van der Waals surface area contributed by atoms with Gasteiger partial charge in [0.25, 0.3) is 0 Å². The van der Waals surface area contributed by atoms with Crippen LogP contribution in [0.1, 0.15) is 6.42 Å². The number of carbonyl (C=O) groups excluding carboxylic acids is 1. The number of hydrogen-bond donors (Lipinski definition) is 1.